The Balaban J connectivity index is 1.49. The predicted molar refractivity (Wildman–Crippen MR) is 102 cm³/mol. The first-order chi connectivity index (χ1) is 13.0. The van der Waals surface area contributed by atoms with Crippen molar-refractivity contribution in [2.24, 2.45) is 5.41 Å². The van der Waals surface area contributed by atoms with E-state index in [1.807, 2.05) is 11.0 Å². The molecule has 1 spiro atoms. The van der Waals surface area contributed by atoms with Crippen LogP contribution in [0.1, 0.15) is 26.2 Å². The molecule has 0 radical (unpaired) electrons. The Kier molecular flexibility index (Phi) is 5.34. The van der Waals surface area contributed by atoms with Crippen LogP contribution in [0.25, 0.3) is 0 Å². The first-order valence-electron chi connectivity index (χ1n) is 9.93. The van der Waals surface area contributed by atoms with Gasteiger partial charge in [0.05, 0.1) is 13.2 Å². The Bertz CT molecular complexity index is 688. The Labute approximate surface area is 160 Å². The second-order valence-electron chi connectivity index (χ2n) is 8.30. The Morgan fingerprint density at radius 3 is 2.96 bits per heavy atom. The molecular weight excluding hydrogens is 347 g/mol. The van der Waals surface area contributed by atoms with Crippen LogP contribution in [-0.2, 0) is 9.53 Å². The summed E-state index contributed by atoms with van der Waals surface area (Å²) in [5.74, 6) is -0.0476. The highest BCUT2D eigenvalue weighted by molar-refractivity contribution is 5.82. The molecule has 3 unspecified atom stereocenters. The van der Waals surface area contributed by atoms with Crippen molar-refractivity contribution in [3.63, 3.8) is 0 Å². The maximum Gasteiger partial charge on any atom is 0.241 e. The summed E-state index contributed by atoms with van der Waals surface area (Å²) in [5.41, 5.74) is 7.05. The zero-order chi connectivity index (χ0) is 18.9. The number of hydrogen-bond acceptors (Lipinski definition) is 5. The zero-order valence-electron chi connectivity index (χ0n) is 15.9. The van der Waals surface area contributed by atoms with Gasteiger partial charge in [-0.25, -0.2) is 9.82 Å². The molecule has 3 fully saturated rings. The van der Waals surface area contributed by atoms with E-state index in [-0.39, 0.29) is 23.2 Å². The molecule has 0 aromatic heterocycles. The lowest BCUT2D eigenvalue weighted by molar-refractivity contribution is -0.137. The molecule has 3 aliphatic rings. The summed E-state index contributed by atoms with van der Waals surface area (Å²) in [6.07, 6.45) is 2.81. The van der Waals surface area contributed by atoms with E-state index in [1.54, 1.807) is 12.1 Å². The van der Waals surface area contributed by atoms with Crippen LogP contribution in [0.4, 0.5) is 10.1 Å². The Morgan fingerprint density at radius 2 is 2.19 bits per heavy atom. The van der Waals surface area contributed by atoms with Crippen molar-refractivity contribution in [1.82, 2.24) is 15.8 Å². The largest absolute Gasteiger partial charge is 0.379 e. The number of halogens is 1. The number of hydrazine groups is 1. The maximum absolute atomic E-state index is 13.7. The van der Waals surface area contributed by atoms with E-state index in [2.05, 4.69) is 22.7 Å². The summed E-state index contributed by atoms with van der Waals surface area (Å²) in [4.78, 5) is 17.2. The van der Waals surface area contributed by atoms with Gasteiger partial charge < -0.3 is 14.5 Å². The summed E-state index contributed by atoms with van der Waals surface area (Å²) in [6, 6.07) is 6.91. The lowest BCUT2D eigenvalue weighted by Crippen LogP contribution is -2.55. The van der Waals surface area contributed by atoms with Crippen LogP contribution in [0.3, 0.4) is 0 Å². The number of piperidine rings is 1. The van der Waals surface area contributed by atoms with Gasteiger partial charge in [-0.05, 0) is 44.4 Å². The summed E-state index contributed by atoms with van der Waals surface area (Å²) >= 11 is 0. The minimum absolute atomic E-state index is 0.103. The Hall–Kier alpha value is -1.70. The first-order valence-corrected chi connectivity index (χ1v) is 9.93. The molecule has 0 aliphatic carbocycles. The molecule has 1 aromatic rings. The van der Waals surface area contributed by atoms with Gasteiger partial charge >= 0.3 is 0 Å². The summed E-state index contributed by atoms with van der Waals surface area (Å²) < 4.78 is 19.6. The highest BCUT2D eigenvalue weighted by atomic mass is 19.1. The van der Waals surface area contributed by atoms with Gasteiger partial charge in [0.25, 0.3) is 0 Å². The van der Waals surface area contributed by atoms with Gasteiger partial charge in [0, 0.05) is 43.3 Å². The van der Waals surface area contributed by atoms with Crippen molar-refractivity contribution in [2.75, 3.05) is 44.3 Å². The summed E-state index contributed by atoms with van der Waals surface area (Å²) in [7, 11) is 0. The minimum atomic E-state index is -0.221. The molecule has 6 nitrogen and oxygen atoms in total. The minimum Gasteiger partial charge on any atom is -0.379 e. The van der Waals surface area contributed by atoms with Crippen LogP contribution in [0.5, 0.6) is 0 Å². The van der Waals surface area contributed by atoms with Gasteiger partial charge in [0.1, 0.15) is 11.9 Å². The standard InChI is InChI=1S/C20H29FN4O2/c1-15-10-18(23-22-15)19(26)25-7-3-6-20(13-25)12-24(8-9-27-14-20)17-5-2-4-16(21)11-17/h2,4-5,11,15,18,22-23H,3,6-10,12-14H2,1H3. The molecule has 3 aliphatic heterocycles. The number of amides is 1. The fraction of sp³-hybridized carbons (Fsp3) is 0.650. The fourth-order valence-corrected chi connectivity index (χ4v) is 4.63. The molecule has 3 heterocycles. The number of nitrogens with zero attached hydrogens (tertiary/aromatic N) is 2. The summed E-state index contributed by atoms with van der Waals surface area (Å²) in [5, 5.41) is 0. The van der Waals surface area contributed by atoms with Crippen molar-refractivity contribution in [3.05, 3.63) is 30.1 Å². The fourth-order valence-electron chi connectivity index (χ4n) is 4.63. The van der Waals surface area contributed by atoms with Gasteiger partial charge in [-0.1, -0.05) is 6.07 Å². The molecular formula is C20H29FN4O2. The normalized spacial score (nSPS) is 31.9. The summed E-state index contributed by atoms with van der Waals surface area (Å²) in [6.45, 7) is 6.37. The molecule has 1 aromatic carbocycles. The third-order valence-corrected chi connectivity index (χ3v) is 5.98. The number of nitrogens with one attached hydrogen (secondary N) is 2. The molecule has 27 heavy (non-hydrogen) atoms. The molecule has 0 saturated carbocycles. The highest BCUT2D eigenvalue weighted by Crippen LogP contribution is 2.35. The number of likely N-dealkylation sites (tertiary alicyclic amines) is 1. The number of ether oxygens (including phenoxy) is 1. The quantitative estimate of drug-likeness (QED) is 0.820. The van der Waals surface area contributed by atoms with E-state index < -0.39 is 0 Å². The van der Waals surface area contributed by atoms with Crippen LogP contribution >= 0.6 is 0 Å². The highest BCUT2D eigenvalue weighted by Gasteiger charge is 2.42. The number of carbonyl (C=O) groups is 1. The second kappa shape index (κ2) is 7.73. The maximum atomic E-state index is 13.7. The number of anilines is 1. The SMILES string of the molecule is CC1CC(C(=O)N2CCCC3(COCCN(c4cccc(F)c4)C3)C2)NN1. The third kappa shape index (κ3) is 4.10. The van der Waals surface area contributed by atoms with E-state index in [0.717, 1.165) is 44.6 Å². The van der Waals surface area contributed by atoms with Gasteiger partial charge in [0.15, 0.2) is 0 Å². The average Bonchev–Trinajstić information content (AvgIpc) is 3.00. The van der Waals surface area contributed by atoms with E-state index >= 15 is 0 Å². The number of benzene rings is 1. The van der Waals surface area contributed by atoms with Gasteiger partial charge in [-0.3, -0.25) is 10.2 Å². The van der Waals surface area contributed by atoms with Crippen molar-refractivity contribution in [3.8, 4) is 0 Å². The third-order valence-electron chi connectivity index (χ3n) is 5.98. The molecule has 4 rings (SSSR count). The Morgan fingerprint density at radius 1 is 1.30 bits per heavy atom. The van der Waals surface area contributed by atoms with Gasteiger partial charge in [0.2, 0.25) is 5.91 Å². The molecule has 0 bridgehead atoms. The number of hydrogen-bond donors (Lipinski definition) is 2. The van der Waals surface area contributed by atoms with Crippen LogP contribution < -0.4 is 15.8 Å². The van der Waals surface area contributed by atoms with Crippen LogP contribution in [0.2, 0.25) is 0 Å². The predicted octanol–water partition coefficient (Wildman–Crippen LogP) is 1.53. The first kappa shape index (κ1) is 18.7. The van der Waals surface area contributed by atoms with Crippen molar-refractivity contribution in [1.29, 1.82) is 0 Å². The smallest absolute Gasteiger partial charge is 0.241 e. The second-order valence-corrected chi connectivity index (χ2v) is 8.30. The van der Waals surface area contributed by atoms with Gasteiger partial charge in [-0.2, -0.15) is 0 Å². The molecule has 148 valence electrons. The molecule has 7 heteroatoms. The van der Waals surface area contributed by atoms with Gasteiger partial charge in [-0.15, -0.1) is 0 Å². The monoisotopic (exact) mass is 376 g/mol. The lowest BCUT2D eigenvalue weighted by Gasteiger charge is -2.44. The van der Waals surface area contributed by atoms with Crippen LogP contribution in [0.15, 0.2) is 24.3 Å². The number of carbonyl (C=O) groups excluding carboxylic acids is 1. The molecule has 3 atom stereocenters. The van der Waals surface area contributed by atoms with Crippen molar-refractivity contribution in [2.45, 2.75) is 38.3 Å². The topological polar surface area (TPSA) is 56.8 Å². The lowest BCUT2D eigenvalue weighted by atomic mass is 9.79. The van der Waals surface area contributed by atoms with E-state index in [9.17, 15) is 9.18 Å². The van der Waals surface area contributed by atoms with E-state index in [1.165, 1.54) is 6.07 Å². The van der Waals surface area contributed by atoms with E-state index in [4.69, 9.17) is 4.74 Å². The zero-order valence-corrected chi connectivity index (χ0v) is 15.9. The average molecular weight is 376 g/mol. The van der Waals surface area contributed by atoms with Crippen molar-refractivity contribution < 1.29 is 13.9 Å². The van der Waals surface area contributed by atoms with E-state index in [0.29, 0.717) is 25.8 Å². The van der Waals surface area contributed by atoms with Crippen molar-refractivity contribution >= 4 is 11.6 Å². The molecule has 2 N–H and O–H groups in total. The molecule has 1 amide bonds. The van der Waals surface area contributed by atoms with Crippen LogP contribution in [-0.4, -0.2) is 62.3 Å². The number of rotatable bonds is 2. The molecule has 3 saturated heterocycles. The van der Waals surface area contributed by atoms with Crippen LogP contribution in [0, 0.1) is 11.2 Å².